The Kier molecular flexibility index (Phi) is 4.61. The summed E-state index contributed by atoms with van der Waals surface area (Å²) in [5.74, 6) is -1.40. The van der Waals surface area contributed by atoms with Gasteiger partial charge in [0.2, 0.25) is 0 Å². The lowest BCUT2D eigenvalue weighted by Crippen LogP contribution is -2.54. The van der Waals surface area contributed by atoms with Gasteiger partial charge in [-0.25, -0.2) is 0 Å². The topological polar surface area (TPSA) is 102 Å². The van der Waals surface area contributed by atoms with E-state index in [4.69, 9.17) is 15.6 Å². The lowest BCUT2D eigenvalue weighted by molar-refractivity contribution is -0.149. The number of carboxylic acid groups (broad SMARTS) is 1. The normalized spacial score (nSPS) is 26.5. The Hall–Kier alpha value is -1.57. The molecular weight excluding hydrogens is 316 g/mol. The van der Waals surface area contributed by atoms with E-state index in [1.807, 2.05) is 30.3 Å². The van der Waals surface area contributed by atoms with Crippen molar-refractivity contribution in [2.75, 3.05) is 0 Å². The van der Waals surface area contributed by atoms with Gasteiger partial charge in [0.1, 0.15) is 18.7 Å². The van der Waals surface area contributed by atoms with Gasteiger partial charge >= 0.3 is 11.9 Å². The van der Waals surface area contributed by atoms with Crippen LogP contribution in [0.4, 0.5) is 0 Å². The number of nitrogens with one attached hydrogen (secondary N) is 1. The highest BCUT2D eigenvalue weighted by Gasteiger charge is 2.57. The maximum absolute atomic E-state index is 12.5. The minimum Gasteiger partial charge on any atom is -0.480 e. The molecule has 1 aliphatic carbocycles. The standard InChI is InChI=1S/C16H20N2O4S/c17-11(14(19)20)13-18-12(16(23-13)7-4-8-16)15(21)22-9-10-5-2-1-3-6-10/h1-3,5-6,11-13,18H,4,7-9,17H2,(H,19,20). The average Bonchev–Trinajstić information content (AvgIpc) is 2.94. The van der Waals surface area contributed by atoms with Crippen LogP contribution in [0.3, 0.4) is 0 Å². The van der Waals surface area contributed by atoms with E-state index in [2.05, 4.69) is 5.32 Å². The molecule has 4 N–H and O–H groups in total. The number of carbonyl (C=O) groups excluding carboxylic acids is 1. The van der Waals surface area contributed by atoms with Crippen molar-refractivity contribution < 1.29 is 19.4 Å². The van der Waals surface area contributed by atoms with Crippen LogP contribution in [0.25, 0.3) is 0 Å². The Bertz CT molecular complexity index is 591. The fourth-order valence-corrected chi connectivity index (χ4v) is 4.80. The van der Waals surface area contributed by atoms with Gasteiger partial charge in [-0.3, -0.25) is 14.9 Å². The van der Waals surface area contributed by atoms with Crippen LogP contribution in [-0.4, -0.2) is 39.2 Å². The molecule has 2 fully saturated rings. The van der Waals surface area contributed by atoms with Crippen molar-refractivity contribution in [2.24, 2.45) is 5.73 Å². The molecule has 124 valence electrons. The highest BCUT2D eigenvalue weighted by atomic mass is 32.2. The SMILES string of the molecule is NC(C(=O)O)C1NC(C(=O)OCc2ccccc2)C2(CCC2)S1. The molecule has 1 saturated heterocycles. The van der Waals surface area contributed by atoms with Gasteiger partial charge in [-0.2, -0.15) is 0 Å². The van der Waals surface area contributed by atoms with E-state index in [0.29, 0.717) is 0 Å². The fourth-order valence-electron chi connectivity index (χ4n) is 3.00. The molecule has 1 aromatic rings. The molecule has 1 aromatic carbocycles. The highest BCUT2D eigenvalue weighted by molar-refractivity contribution is 8.01. The molecular formula is C16H20N2O4S. The molecule has 1 saturated carbocycles. The van der Waals surface area contributed by atoms with Gasteiger partial charge in [0, 0.05) is 4.75 Å². The van der Waals surface area contributed by atoms with Crippen molar-refractivity contribution in [3.8, 4) is 0 Å². The lowest BCUT2D eigenvalue weighted by atomic mass is 9.78. The Morgan fingerprint density at radius 1 is 1.39 bits per heavy atom. The molecule has 0 radical (unpaired) electrons. The highest BCUT2D eigenvalue weighted by Crippen LogP contribution is 2.52. The summed E-state index contributed by atoms with van der Waals surface area (Å²) in [6.45, 7) is 0.217. The molecule has 1 heterocycles. The van der Waals surface area contributed by atoms with Crippen LogP contribution >= 0.6 is 11.8 Å². The molecule has 0 aromatic heterocycles. The van der Waals surface area contributed by atoms with Gasteiger partial charge in [0.15, 0.2) is 0 Å². The molecule has 3 unspecified atom stereocenters. The first kappa shape index (κ1) is 16.3. The van der Waals surface area contributed by atoms with E-state index in [9.17, 15) is 9.59 Å². The number of thioether (sulfide) groups is 1. The van der Waals surface area contributed by atoms with Crippen LogP contribution in [0.1, 0.15) is 24.8 Å². The van der Waals surface area contributed by atoms with Crippen molar-refractivity contribution in [1.29, 1.82) is 0 Å². The molecule has 0 amide bonds. The van der Waals surface area contributed by atoms with E-state index in [0.717, 1.165) is 24.8 Å². The molecule has 23 heavy (non-hydrogen) atoms. The average molecular weight is 336 g/mol. The van der Waals surface area contributed by atoms with E-state index >= 15 is 0 Å². The van der Waals surface area contributed by atoms with Gasteiger partial charge in [0.25, 0.3) is 0 Å². The minimum atomic E-state index is -1.07. The first-order chi connectivity index (χ1) is 11.0. The van der Waals surface area contributed by atoms with Crippen molar-refractivity contribution in [1.82, 2.24) is 5.32 Å². The van der Waals surface area contributed by atoms with E-state index in [-0.39, 0.29) is 17.3 Å². The number of benzene rings is 1. The number of aliphatic carboxylic acids is 1. The Balaban J connectivity index is 1.65. The summed E-state index contributed by atoms with van der Waals surface area (Å²) in [6, 6.07) is 7.94. The monoisotopic (exact) mass is 336 g/mol. The number of nitrogens with two attached hydrogens (primary N) is 1. The van der Waals surface area contributed by atoms with Crippen molar-refractivity contribution in [2.45, 2.75) is 48.1 Å². The summed E-state index contributed by atoms with van der Waals surface area (Å²) in [6.07, 6.45) is 2.78. The van der Waals surface area contributed by atoms with Crippen LogP contribution in [0.15, 0.2) is 30.3 Å². The third-order valence-electron chi connectivity index (χ3n) is 4.49. The van der Waals surface area contributed by atoms with Crippen molar-refractivity contribution in [3.63, 3.8) is 0 Å². The van der Waals surface area contributed by atoms with Gasteiger partial charge in [-0.1, -0.05) is 36.8 Å². The van der Waals surface area contributed by atoms with Crippen LogP contribution < -0.4 is 11.1 Å². The molecule has 6 nitrogen and oxygen atoms in total. The zero-order valence-electron chi connectivity index (χ0n) is 12.6. The summed E-state index contributed by atoms with van der Waals surface area (Å²) >= 11 is 1.48. The fraction of sp³-hybridized carbons (Fsp3) is 0.500. The Morgan fingerprint density at radius 3 is 2.65 bits per heavy atom. The largest absolute Gasteiger partial charge is 0.480 e. The van der Waals surface area contributed by atoms with Crippen LogP contribution in [0, 0.1) is 0 Å². The molecule has 1 aliphatic heterocycles. The second kappa shape index (κ2) is 6.51. The van der Waals surface area contributed by atoms with E-state index in [1.165, 1.54) is 11.8 Å². The number of hydrogen-bond donors (Lipinski definition) is 3. The first-order valence-electron chi connectivity index (χ1n) is 7.65. The molecule has 0 bridgehead atoms. The maximum Gasteiger partial charge on any atom is 0.324 e. The summed E-state index contributed by atoms with van der Waals surface area (Å²) in [4.78, 5) is 23.6. The molecule has 7 heteroatoms. The number of carbonyl (C=O) groups is 2. The quantitative estimate of drug-likeness (QED) is 0.692. The Labute approximate surface area is 138 Å². The second-order valence-electron chi connectivity index (χ2n) is 6.01. The molecule has 3 rings (SSSR count). The molecule has 3 atom stereocenters. The molecule has 1 spiro atoms. The third kappa shape index (κ3) is 3.22. The number of rotatable bonds is 5. The minimum absolute atomic E-state index is 0.217. The summed E-state index contributed by atoms with van der Waals surface area (Å²) in [7, 11) is 0. The van der Waals surface area contributed by atoms with Gasteiger partial charge in [-0.05, 0) is 18.4 Å². The number of ether oxygens (including phenoxy) is 1. The van der Waals surface area contributed by atoms with E-state index < -0.39 is 23.4 Å². The van der Waals surface area contributed by atoms with Crippen molar-refractivity contribution in [3.05, 3.63) is 35.9 Å². The van der Waals surface area contributed by atoms with Gasteiger partial charge in [-0.15, -0.1) is 11.8 Å². The van der Waals surface area contributed by atoms with E-state index in [1.54, 1.807) is 0 Å². The Morgan fingerprint density at radius 2 is 2.09 bits per heavy atom. The van der Waals surface area contributed by atoms with Crippen LogP contribution in [0.2, 0.25) is 0 Å². The zero-order chi connectivity index (χ0) is 16.4. The summed E-state index contributed by atoms with van der Waals surface area (Å²) in [5, 5.41) is 11.7. The number of carboxylic acids is 1. The summed E-state index contributed by atoms with van der Waals surface area (Å²) in [5.41, 5.74) is 6.64. The first-order valence-corrected chi connectivity index (χ1v) is 8.53. The zero-order valence-corrected chi connectivity index (χ0v) is 13.4. The second-order valence-corrected chi connectivity index (χ2v) is 7.57. The predicted octanol–water partition coefficient (Wildman–Crippen LogP) is 1.10. The summed E-state index contributed by atoms with van der Waals surface area (Å²) < 4.78 is 5.16. The third-order valence-corrected chi connectivity index (χ3v) is 6.29. The van der Waals surface area contributed by atoms with Gasteiger partial charge in [0.05, 0.1) is 5.37 Å². The number of esters is 1. The smallest absolute Gasteiger partial charge is 0.324 e. The van der Waals surface area contributed by atoms with Crippen molar-refractivity contribution >= 4 is 23.7 Å². The van der Waals surface area contributed by atoms with Crippen LogP contribution in [0.5, 0.6) is 0 Å². The molecule has 2 aliphatic rings. The lowest BCUT2D eigenvalue weighted by Gasteiger charge is -2.40. The maximum atomic E-state index is 12.5. The predicted molar refractivity (Wildman–Crippen MR) is 86.7 cm³/mol. The number of hydrogen-bond acceptors (Lipinski definition) is 6. The van der Waals surface area contributed by atoms with Gasteiger partial charge < -0.3 is 15.6 Å². The van der Waals surface area contributed by atoms with Crippen LogP contribution in [-0.2, 0) is 20.9 Å².